The number of aliphatic hydroxyl groups excluding tert-OH is 1. The van der Waals surface area contributed by atoms with E-state index in [9.17, 15) is 14.7 Å². The number of fused-ring (bicyclic) bond motifs is 1. The van der Waals surface area contributed by atoms with Crippen LogP contribution in [0.15, 0.2) is 58.2 Å². The number of nitrogens with zero attached hydrogens (tertiary/aromatic N) is 2. The minimum atomic E-state index is -0.800. The molecule has 0 aliphatic carbocycles. The van der Waals surface area contributed by atoms with Crippen molar-refractivity contribution >= 4 is 22.7 Å². The van der Waals surface area contributed by atoms with E-state index >= 15 is 0 Å². The molecule has 0 fully saturated rings. The molecule has 8 heteroatoms. The number of furan rings is 1. The highest BCUT2D eigenvalue weighted by atomic mass is 16.5. The van der Waals surface area contributed by atoms with Gasteiger partial charge in [0.25, 0.3) is 5.91 Å². The van der Waals surface area contributed by atoms with Gasteiger partial charge in [-0.3, -0.25) is 9.59 Å². The molecule has 3 aromatic rings. The molecule has 2 aromatic carbocycles. The maximum absolute atomic E-state index is 13.8. The first-order valence-electron chi connectivity index (χ1n) is 13.1. The van der Waals surface area contributed by atoms with Crippen LogP contribution in [-0.4, -0.2) is 66.5 Å². The summed E-state index contributed by atoms with van der Waals surface area (Å²) in [4.78, 5) is 31.0. The minimum Gasteiger partial charge on any atom is -0.503 e. The van der Waals surface area contributed by atoms with Crippen molar-refractivity contribution in [2.75, 3.05) is 39.9 Å². The second kappa shape index (κ2) is 11.7. The molecular formula is C30H36N2O6. The summed E-state index contributed by atoms with van der Waals surface area (Å²) in [6.45, 7) is 11.5. The Morgan fingerprint density at radius 1 is 1.08 bits per heavy atom. The third kappa shape index (κ3) is 5.27. The first kappa shape index (κ1) is 27.3. The number of hydrogen-bond acceptors (Lipinski definition) is 7. The van der Waals surface area contributed by atoms with Crippen LogP contribution in [0, 0.1) is 6.92 Å². The molecule has 1 aromatic heterocycles. The maximum Gasteiger partial charge on any atom is 0.290 e. The zero-order valence-corrected chi connectivity index (χ0v) is 22.7. The molecule has 0 saturated heterocycles. The fourth-order valence-electron chi connectivity index (χ4n) is 5.00. The van der Waals surface area contributed by atoms with Crippen molar-refractivity contribution in [3.8, 4) is 11.5 Å². The number of hydrogen-bond donors (Lipinski definition) is 1. The van der Waals surface area contributed by atoms with Crippen LogP contribution >= 0.6 is 0 Å². The van der Waals surface area contributed by atoms with Crippen molar-refractivity contribution < 1.29 is 28.6 Å². The normalized spacial score (nSPS) is 15.7. The Morgan fingerprint density at radius 2 is 1.84 bits per heavy atom. The van der Waals surface area contributed by atoms with Gasteiger partial charge >= 0.3 is 0 Å². The van der Waals surface area contributed by atoms with E-state index in [-0.39, 0.29) is 11.3 Å². The average molecular weight is 521 g/mol. The number of aliphatic hydroxyl groups is 1. The van der Waals surface area contributed by atoms with Gasteiger partial charge in [-0.1, -0.05) is 31.5 Å². The number of ketones is 1. The third-order valence-corrected chi connectivity index (χ3v) is 7.01. The number of methoxy groups -OCH3 is 1. The van der Waals surface area contributed by atoms with E-state index in [4.69, 9.17) is 13.9 Å². The fraction of sp³-hybridized carbons (Fsp3) is 0.400. The molecular weight excluding hydrogens is 484 g/mol. The number of Topliss-reactive ketones (excluding diaryl/α,β-unsaturated/α-hetero) is 1. The van der Waals surface area contributed by atoms with E-state index in [2.05, 4.69) is 18.7 Å². The van der Waals surface area contributed by atoms with Gasteiger partial charge in [0.05, 0.1) is 25.3 Å². The molecule has 8 nitrogen and oxygen atoms in total. The summed E-state index contributed by atoms with van der Waals surface area (Å²) in [5.74, 6) is -0.520. The third-order valence-electron chi connectivity index (χ3n) is 7.01. The average Bonchev–Trinajstić information content (AvgIpc) is 3.45. The zero-order valence-electron chi connectivity index (χ0n) is 22.7. The molecule has 1 unspecified atom stereocenters. The topological polar surface area (TPSA) is 92.5 Å². The molecule has 4 rings (SSSR count). The molecule has 1 amide bonds. The molecule has 0 bridgehead atoms. The first-order chi connectivity index (χ1) is 18.3. The van der Waals surface area contributed by atoms with Gasteiger partial charge in [0.15, 0.2) is 23.0 Å². The van der Waals surface area contributed by atoms with E-state index in [0.29, 0.717) is 42.2 Å². The van der Waals surface area contributed by atoms with Crippen molar-refractivity contribution in [1.29, 1.82) is 0 Å². The van der Waals surface area contributed by atoms with E-state index in [1.807, 2.05) is 32.0 Å². The molecule has 38 heavy (non-hydrogen) atoms. The molecule has 1 aliphatic rings. The maximum atomic E-state index is 13.8. The molecule has 1 atom stereocenters. The highest BCUT2D eigenvalue weighted by Crippen LogP contribution is 2.42. The van der Waals surface area contributed by atoms with E-state index < -0.39 is 23.5 Å². The van der Waals surface area contributed by atoms with Gasteiger partial charge in [0.1, 0.15) is 5.58 Å². The van der Waals surface area contributed by atoms with Crippen molar-refractivity contribution in [1.82, 2.24) is 9.80 Å². The zero-order chi connectivity index (χ0) is 27.4. The molecule has 202 valence electrons. The number of benzene rings is 2. The quantitative estimate of drug-likeness (QED) is 0.317. The van der Waals surface area contributed by atoms with E-state index in [1.54, 1.807) is 36.3 Å². The Morgan fingerprint density at radius 3 is 2.53 bits per heavy atom. The van der Waals surface area contributed by atoms with Crippen LogP contribution in [0.1, 0.15) is 54.9 Å². The summed E-state index contributed by atoms with van der Waals surface area (Å²) in [6.07, 6.45) is 0.691. The lowest BCUT2D eigenvalue weighted by Gasteiger charge is -2.28. The summed E-state index contributed by atoms with van der Waals surface area (Å²) in [5, 5.41) is 11.8. The lowest BCUT2D eigenvalue weighted by molar-refractivity contribution is -0.129. The molecule has 0 spiro atoms. The van der Waals surface area contributed by atoms with Crippen LogP contribution in [-0.2, 0) is 4.79 Å². The Bertz CT molecular complexity index is 1350. The molecule has 1 N–H and O–H groups in total. The summed E-state index contributed by atoms with van der Waals surface area (Å²) in [6, 6.07) is 11.8. The lowest BCUT2D eigenvalue weighted by Crippen LogP contribution is -2.34. The SMILES string of the molecule is CCOc1ccc(C2C(C(=O)c3cc4cc(C)ccc4o3)=C(O)C(=O)N2CCCN(CC)CC)cc1OC. The Balaban J connectivity index is 1.75. The summed E-state index contributed by atoms with van der Waals surface area (Å²) >= 11 is 0. The predicted octanol–water partition coefficient (Wildman–Crippen LogP) is 5.46. The van der Waals surface area contributed by atoms with Crippen molar-refractivity contribution in [3.05, 3.63) is 70.7 Å². The van der Waals surface area contributed by atoms with Crippen LogP contribution in [0.5, 0.6) is 11.5 Å². The van der Waals surface area contributed by atoms with Crippen LogP contribution in [0.4, 0.5) is 0 Å². The first-order valence-corrected chi connectivity index (χ1v) is 13.1. The van der Waals surface area contributed by atoms with Crippen molar-refractivity contribution in [2.24, 2.45) is 0 Å². The largest absolute Gasteiger partial charge is 0.503 e. The van der Waals surface area contributed by atoms with Gasteiger partial charge in [-0.25, -0.2) is 0 Å². The summed E-state index contributed by atoms with van der Waals surface area (Å²) in [7, 11) is 1.54. The number of rotatable bonds is 12. The van der Waals surface area contributed by atoms with E-state index in [0.717, 1.165) is 30.6 Å². The summed E-state index contributed by atoms with van der Waals surface area (Å²) < 4.78 is 17.1. The second-order valence-electron chi connectivity index (χ2n) is 9.37. The monoisotopic (exact) mass is 520 g/mol. The predicted molar refractivity (Wildman–Crippen MR) is 146 cm³/mol. The molecule has 0 radical (unpaired) electrons. The summed E-state index contributed by atoms with van der Waals surface area (Å²) in [5.41, 5.74) is 2.24. The molecule has 2 heterocycles. The Hall–Kier alpha value is -3.78. The Labute approximate surface area is 223 Å². The molecule has 1 aliphatic heterocycles. The highest BCUT2D eigenvalue weighted by Gasteiger charge is 2.44. The second-order valence-corrected chi connectivity index (χ2v) is 9.37. The van der Waals surface area contributed by atoms with Gasteiger partial charge in [0.2, 0.25) is 5.78 Å². The number of carbonyl (C=O) groups excluding carboxylic acids is 2. The number of aryl methyl sites for hydroxylation is 1. The number of ether oxygens (including phenoxy) is 2. The van der Waals surface area contributed by atoms with Crippen molar-refractivity contribution in [2.45, 2.75) is 40.2 Å². The standard InChI is InChI=1S/C30H36N2O6/c1-6-31(7-2)14-9-15-32-27(20-11-13-23(37-8-3)24(17-20)36-5)26(29(34)30(32)35)28(33)25-18-21-16-19(4)10-12-22(21)38-25/h10-13,16-18,27,34H,6-9,14-15H2,1-5H3. The van der Waals surface area contributed by atoms with Gasteiger partial charge < -0.3 is 28.8 Å². The van der Waals surface area contributed by atoms with Crippen LogP contribution in [0.25, 0.3) is 11.0 Å². The lowest BCUT2D eigenvalue weighted by atomic mass is 9.94. The molecule has 0 saturated carbocycles. The number of amides is 1. The van der Waals surface area contributed by atoms with Gasteiger partial charge in [-0.05, 0) is 75.8 Å². The van der Waals surface area contributed by atoms with Crippen LogP contribution in [0.2, 0.25) is 0 Å². The van der Waals surface area contributed by atoms with Gasteiger partial charge in [-0.2, -0.15) is 0 Å². The van der Waals surface area contributed by atoms with E-state index in [1.165, 1.54) is 0 Å². The number of carbonyl (C=O) groups is 2. The fourth-order valence-corrected chi connectivity index (χ4v) is 5.00. The highest BCUT2D eigenvalue weighted by molar-refractivity contribution is 6.16. The Kier molecular flexibility index (Phi) is 8.42. The van der Waals surface area contributed by atoms with Crippen LogP contribution < -0.4 is 9.47 Å². The smallest absolute Gasteiger partial charge is 0.290 e. The van der Waals surface area contributed by atoms with Crippen LogP contribution in [0.3, 0.4) is 0 Å². The minimum absolute atomic E-state index is 0.000157. The van der Waals surface area contributed by atoms with Crippen molar-refractivity contribution in [3.63, 3.8) is 0 Å². The van der Waals surface area contributed by atoms with Gasteiger partial charge in [-0.15, -0.1) is 0 Å². The van der Waals surface area contributed by atoms with Gasteiger partial charge in [0, 0.05) is 11.9 Å².